The van der Waals surface area contributed by atoms with Crippen molar-refractivity contribution in [2.45, 2.75) is 13.3 Å². The summed E-state index contributed by atoms with van der Waals surface area (Å²) in [4.78, 5) is 17.0. The average Bonchev–Trinajstić information content (AvgIpc) is 3.37. The second kappa shape index (κ2) is 7.38. The van der Waals surface area contributed by atoms with Crippen LogP contribution in [0.25, 0.3) is 16.6 Å². The number of thiazole rings is 1. The summed E-state index contributed by atoms with van der Waals surface area (Å²) >= 11 is 7.56. The van der Waals surface area contributed by atoms with Gasteiger partial charge >= 0.3 is 0 Å². The average molecular weight is 399 g/mol. The molecule has 0 aliphatic carbocycles. The Morgan fingerprint density at radius 2 is 2.15 bits per heavy atom. The number of carbonyl (C=O) groups is 1. The van der Waals surface area contributed by atoms with Crippen LogP contribution in [0.5, 0.6) is 0 Å². The molecular formula is C19H15ClN4O2S. The maximum absolute atomic E-state index is 12.5. The SMILES string of the molecule is Cc1cc(NC(=O)Cc2ccccc2Cl)n(-c2nc(-c3ccco3)cs2)n1. The molecule has 0 radical (unpaired) electrons. The number of hydrogen-bond donors (Lipinski definition) is 1. The number of aromatic nitrogens is 3. The summed E-state index contributed by atoms with van der Waals surface area (Å²) in [6, 6.07) is 12.8. The number of nitrogens with one attached hydrogen (secondary N) is 1. The number of carbonyl (C=O) groups excluding carboxylic acids is 1. The van der Waals surface area contributed by atoms with Crippen LogP contribution < -0.4 is 5.32 Å². The molecule has 6 nitrogen and oxygen atoms in total. The van der Waals surface area contributed by atoms with Gasteiger partial charge in [-0.2, -0.15) is 9.78 Å². The van der Waals surface area contributed by atoms with E-state index in [1.165, 1.54) is 11.3 Å². The molecule has 0 aliphatic rings. The van der Waals surface area contributed by atoms with Crippen molar-refractivity contribution in [2.75, 3.05) is 5.32 Å². The van der Waals surface area contributed by atoms with Gasteiger partial charge in [-0.15, -0.1) is 11.3 Å². The van der Waals surface area contributed by atoms with Crippen LogP contribution >= 0.6 is 22.9 Å². The molecular weight excluding hydrogens is 384 g/mol. The fourth-order valence-corrected chi connectivity index (χ4v) is 3.61. The lowest BCUT2D eigenvalue weighted by atomic mass is 10.1. The van der Waals surface area contributed by atoms with E-state index in [1.807, 2.05) is 42.6 Å². The highest BCUT2D eigenvalue weighted by Gasteiger charge is 2.16. The van der Waals surface area contributed by atoms with Crippen LogP contribution in [0, 0.1) is 6.92 Å². The van der Waals surface area contributed by atoms with Crippen LogP contribution in [-0.4, -0.2) is 20.7 Å². The van der Waals surface area contributed by atoms with Crippen LogP contribution in [0.3, 0.4) is 0 Å². The van der Waals surface area contributed by atoms with Gasteiger partial charge in [-0.25, -0.2) is 4.98 Å². The molecule has 0 aliphatic heterocycles. The molecule has 27 heavy (non-hydrogen) atoms. The molecule has 0 fully saturated rings. The Bertz CT molecular complexity index is 1090. The molecule has 4 aromatic rings. The minimum absolute atomic E-state index is 0.174. The van der Waals surface area contributed by atoms with Crippen LogP contribution in [0.4, 0.5) is 5.82 Å². The summed E-state index contributed by atoms with van der Waals surface area (Å²) in [6.07, 6.45) is 1.78. The van der Waals surface area contributed by atoms with Crippen molar-refractivity contribution in [3.8, 4) is 16.6 Å². The van der Waals surface area contributed by atoms with Gasteiger partial charge in [0.1, 0.15) is 11.5 Å². The van der Waals surface area contributed by atoms with Crippen molar-refractivity contribution in [2.24, 2.45) is 0 Å². The predicted octanol–water partition coefficient (Wildman–Crippen LogP) is 4.73. The first-order valence-electron chi connectivity index (χ1n) is 8.20. The summed E-state index contributed by atoms with van der Waals surface area (Å²) in [5.74, 6) is 1.07. The van der Waals surface area contributed by atoms with Crippen molar-refractivity contribution in [1.29, 1.82) is 0 Å². The molecule has 8 heteroatoms. The zero-order valence-corrected chi connectivity index (χ0v) is 15.9. The second-order valence-electron chi connectivity index (χ2n) is 5.89. The lowest BCUT2D eigenvalue weighted by Gasteiger charge is -2.07. The van der Waals surface area contributed by atoms with E-state index < -0.39 is 0 Å². The highest BCUT2D eigenvalue weighted by Crippen LogP contribution is 2.26. The maximum atomic E-state index is 12.5. The third-order valence-corrected chi connectivity index (χ3v) is 5.04. The van der Waals surface area contributed by atoms with Gasteiger partial charge in [0, 0.05) is 16.5 Å². The normalized spacial score (nSPS) is 10.9. The molecule has 1 aromatic carbocycles. The maximum Gasteiger partial charge on any atom is 0.230 e. The van der Waals surface area contributed by atoms with Gasteiger partial charge in [0.15, 0.2) is 5.76 Å². The fraction of sp³-hybridized carbons (Fsp3) is 0.105. The monoisotopic (exact) mass is 398 g/mol. The standard InChI is InChI=1S/C19H15ClN4O2S/c1-12-9-17(22-18(25)10-13-5-2-3-6-14(13)20)24(23-12)19-21-15(11-27-19)16-7-4-8-26-16/h2-9,11H,10H2,1H3,(H,22,25). The largest absolute Gasteiger partial charge is 0.463 e. The van der Waals surface area contributed by atoms with Crippen molar-refractivity contribution in [3.05, 3.63) is 70.4 Å². The molecule has 0 saturated heterocycles. The van der Waals surface area contributed by atoms with Gasteiger partial charge in [-0.1, -0.05) is 29.8 Å². The molecule has 0 atom stereocenters. The third-order valence-electron chi connectivity index (χ3n) is 3.85. The summed E-state index contributed by atoms with van der Waals surface area (Å²) in [5.41, 5.74) is 2.27. The smallest absolute Gasteiger partial charge is 0.230 e. The molecule has 4 rings (SSSR count). The summed E-state index contributed by atoms with van der Waals surface area (Å²) < 4.78 is 7.00. The first-order chi connectivity index (χ1) is 13.1. The van der Waals surface area contributed by atoms with E-state index in [1.54, 1.807) is 23.1 Å². The minimum atomic E-state index is -0.174. The Morgan fingerprint density at radius 1 is 1.30 bits per heavy atom. The van der Waals surface area contributed by atoms with Gasteiger partial charge in [-0.05, 0) is 30.7 Å². The Balaban J connectivity index is 1.56. The fourth-order valence-electron chi connectivity index (χ4n) is 2.64. The van der Waals surface area contributed by atoms with Gasteiger partial charge in [0.25, 0.3) is 0 Å². The molecule has 136 valence electrons. The number of aryl methyl sites for hydroxylation is 1. The van der Waals surface area contributed by atoms with Gasteiger partial charge in [-0.3, -0.25) is 4.79 Å². The summed E-state index contributed by atoms with van der Waals surface area (Å²) in [6.45, 7) is 1.86. The van der Waals surface area contributed by atoms with Crippen molar-refractivity contribution >= 4 is 34.7 Å². The molecule has 0 unspecified atom stereocenters. The van der Waals surface area contributed by atoms with Crippen molar-refractivity contribution in [1.82, 2.24) is 14.8 Å². The number of halogens is 1. The van der Waals surface area contributed by atoms with Crippen molar-refractivity contribution in [3.63, 3.8) is 0 Å². The van der Waals surface area contributed by atoms with E-state index in [2.05, 4.69) is 15.4 Å². The van der Waals surface area contributed by atoms with E-state index in [4.69, 9.17) is 16.0 Å². The highest BCUT2D eigenvalue weighted by atomic mass is 35.5. The highest BCUT2D eigenvalue weighted by molar-refractivity contribution is 7.12. The van der Waals surface area contributed by atoms with E-state index in [-0.39, 0.29) is 12.3 Å². The number of anilines is 1. The number of furan rings is 1. The molecule has 1 amide bonds. The molecule has 3 heterocycles. The van der Waals surface area contributed by atoms with Crippen LogP contribution in [-0.2, 0) is 11.2 Å². The summed E-state index contributed by atoms with van der Waals surface area (Å²) in [7, 11) is 0. The summed E-state index contributed by atoms with van der Waals surface area (Å²) in [5, 5.41) is 10.4. The molecule has 0 spiro atoms. The van der Waals surface area contributed by atoms with Gasteiger partial charge < -0.3 is 9.73 Å². The Kier molecular flexibility index (Phi) is 4.79. The number of benzene rings is 1. The number of hydrogen-bond acceptors (Lipinski definition) is 5. The topological polar surface area (TPSA) is 73.0 Å². The second-order valence-corrected chi connectivity index (χ2v) is 7.14. The quantitative estimate of drug-likeness (QED) is 0.527. The Morgan fingerprint density at radius 3 is 2.93 bits per heavy atom. The first kappa shape index (κ1) is 17.5. The molecule has 1 N–H and O–H groups in total. The lowest BCUT2D eigenvalue weighted by molar-refractivity contribution is -0.115. The first-order valence-corrected chi connectivity index (χ1v) is 9.45. The van der Waals surface area contributed by atoms with Gasteiger partial charge in [0.05, 0.1) is 18.4 Å². The van der Waals surface area contributed by atoms with E-state index in [0.717, 1.165) is 17.0 Å². The van der Waals surface area contributed by atoms with Crippen LogP contribution in [0.1, 0.15) is 11.3 Å². The Hall–Kier alpha value is -2.90. The number of amides is 1. The third kappa shape index (κ3) is 3.79. The zero-order chi connectivity index (χ0) is 18.8. The van der Waals surface area contributed by atoms with Gasteiger partial charge in [0.2, 0.25) is 11.0 Å². The number of rotatable bonds is 5. The van der Waals surface area contributed by atoms with E-state index in [9.17, 15) is 4.79 Å². The van der Waals surface area contributed by atoms with Crippen LogP contribution in [0.2, 0.25) is 5.02 Å². The molecule has 0 saturated carbocycles. The van der Waals surface area contributed by atoms with E-state index >= 15 is 0 Å². The molecule has 3 aromatic heterocycles. The Labute approximate surface area is 164 Å². The zero-order valence-electron chi connectivity index (χ0n) is 14.3. The molecule has 0 bridgehead atoms. The van der Waals surface area contributed by atoms with Crippen LogP contribution in [0.15, 0.2) is 58.5 Å². The van der Waals surface area contributed by atoms with E-state index in [0.29, 0.717) is 21.7 Å². The lowest BCUT2D eigenvalue weighted by Crippen LogP contribution is -2.17. The predicted molar refractivity (Wildman–Crippen MR) is 105 cm³/mol. The minimum Gasteiger partial charge on any atom is -0.463 e. The number of nitrogens with zero attached hydrogens (tertiary/aromatic N) is 3. The van der Waals surface area contributed by atoms with Crippen molar-refractivity contribution < 1.29 is 9.21 Å².